The minimum absolute atomic E-state index is 0.0343. The molecule has 0 saturated carbocycles. The maximum absolute atomic E-state index is 11.9. The monoisotopic (exact) mass is 351 g/mol. The van der Waals surface area contributed by atoms with Crippen molar-refractivity contribution >= 4 is 28.5 Å². The number of aryl methyl sites for hydroxylation is 1. The summed E-state index contributed by atoms with van der Waals surface area (Å²) in [6.07, 6.45) is 0. The van der Waals surface area contributed by atoms with Gasteiger partial charge in [-0.1, -0.05) is 29.8 Å². The van der Waals surface area contributed by atoms with Gasteiger partial charge in [0, 0.05) is 15.7 Å². The predicted octanol–water partition coefficient (Wildman–Crippen LogP) is 3.53. The predicted molar refractivity (Wildman–Crippen MR) is 81.5 cm³/mol. The number of carbonyl (C=O) groups excluding carboxylic acids is 1. The van der Waals surface area contributed by atoms with Crippen LogP contribution in [-0.2, 0) is 6.54 Å². The fourth-order valence-electron chi connectivity index (χ4n) is 1.71. The molecule has 0 unspecified atom stereocenters. The molecule has 0 atom stereocenters. The van der Waals surface area contributed by atoms with Crippen LogP contribution in [0.4, 0.5) is 0 Å². The number of benzene rings is 2. The third-order valence-electron chi connectivity index (χ3n) is 2.64. The molecule has 2 aromatic carbocycles. The van der Waals surface area contributed by atoms with Crippen molar-refractivity contribution in [2.45, 2.75) is 13.5 Å². The molecule has 92 valence electrons. The average Bonchev–Trinajstić information content (AvgIpc) is 2.37. The van der Waals surface area contributed by atoms with Gasteiger partial charge in [-0.25, -0.2) is 0 Å². The van der Waals surface area contributed by atoms with Crippen LogP contribution in [0, 0.1) is 10.5 Å². The highest BCUT2D eigenvalue weighted by atomic mass is 127. The van der Waals surface area contributed by atoms with Crippen molar-refractivity contribution in [2.75, 3.05) is 0 Å². The average molecular weight is 351 g/mol. The number of carbonyl (C=O) groups is 1. The van der Waals surface area contributed by atoms with E-state index >= 15 is 0 Å². The molecule has 1 N–H and O–H groups in total. The van der Waals surface area contributed by atoms with Gasteiger partial charge in [0.15, 0.2) is 0 Å². The van der Waals surface area contributed by atoms with Crippen molar-refractivity contribution in [3.8, 4) is 0 Å². The molecule has 0 aromatic heterocycles. The Hall–Kier alpha value is -1.36. The first kappa shape index (κ1) is 13.1. The topological polar surface area (TPSA) is 29.1 Å². The smallest absolute Gasteiger partial charge is 0.251 e. The van der Waals surface area contributed by atoms with E-state index in [2.05, 4.69) is 34.0 Å². The second-order valence-electron chi connectivity index (χ2n) is 4.18. The van der Waals surface area contributed by atoms with E-state index in [-0.39, 0.29) is 5.91 Å². The molecule has 2 aromatic rings. The molecule has 3 heteroatoms. The van der Waals surface area contributed by atoms with E-state index in [9.17, 15) is 4.79 Å². The first-order chi connectivity index (χ1) is 8.65. The molecule has 1 amide bonds. The largest absolute Gasteiger partial charge is 0.348 e. The first-order valence-electron chi connectivity index (χ1n) is 5.74. The van der Waals surface area contributed by atoms with Gasteiger partial charge in [0.25, 0.3) is 5.91 Å². The molecule has 0 radical (unpaired) electrons. The van der Waals surface area contributed by atoms with Gasteiger partial charge in [-0.3, -0.25) is 4.79 Å². The number of nitrogens with one attached hydrogen (secondary N) is 1. The van der Waals surface area contributed by atoms with Gasteiger partial charge in [0.2, 0.25) is 0 Å². The second kappa shape index (κ2) is 6.00. The summed E-state index contributed by atoms with van der Waals surface area (Å²) in [6.45, 7) is 2.61. The summed E-state index contributed by atoms with van der Waals surface area (Å²) in [7, 11) is 0. The summed E-state index contributed by atoms with van der Waals surface area (Å²) in [4.78, 5) is 11.9. The Morgan fingerprint density at radius 1 is 1.17 bits per heavy atom. The Labute approximate surface area is 121 Å². The maximum atomic E-state index is 11.9. The van der Waals surface area contributed by atoms with Crippen LogP contribution in [0.3, 0.4) is 0 Å². The van der Waals surface area contributed by atoms with E-state index < -0.39 is 0 Å². The van der Waals surface area contributed by atoms with Crippen molar-refractivity contribution in [3.63, 3.8) is 0 Å². The number of halogens is 1. The minimum Gasteiger partial charge on any atom is -0.348 e. The zero-order chi connectivity index (χ0) is 13.0. The molecule has 0 aliphatic heterocycles. The molecule has 0 saturated heterocycles. The van der Waals surface area contributed by atoms with Crippen LogP contribution in [0.5, 0.6) is 0 Å². The van der Waals surface area contributed by atoms with E-state index in [4.69, 9.17) is 0 Å². The molecule has 0 fully saturated rings. The highest BCUT2D eigenvalue weighted by Gasteiger charge is 2.04. The zero-order valence-corrected chi connectivity index (χ0v) is 12.3. The van der Waals surface area contributed by atoms with Crippen LogP contribution >= 0.6 is 22.6 Å². The third-order valence-corrected chi connectivity index (χ3v) is 3.36. The van der Waals surface area contributed by atoms with Crippen LogP contribution < -0.4 is 5.32 Å². The van der Waals surface area contributed by atoms with Crippen LogP contribution in [0.25, 0.3) is 0 Å². The molecule has 18 heavy (non-hydrogen) atoms. The standard InChI is InChI=1S/C15H14INO/c1-11-3-2-4-12(9-11)10-17-15(18)13-5-7-14(16)8-6-13/h2-9H,10H2,1H3,(H,17,18). The van der Waals surface area contributed by atoms with Crippen LogP contribution in [0.15, 0.2) is 48.5 Å². The van der Waals surface area contributed by atoms with Gasteiger partial charge in [0.05, 0.1) is 0 Å². The Balaban J connectivity index is 1.98. The van der Waals surface area contributed by atoms with E-state index in [1.807, 2.05) is 49.4 Å². The second-order valence-corrected chi connectivity index (χ2v) is 5.42. The summed E-state index contributed by atoms with van der Waals surface area (Å²) >= 11 is 2.22. The number of hydrogen-bond donors (Lipinski definition) is 1. The Morgan fingerprint density at radius 2 is 1.89 bits per heavy atom. The molecule has 0 spiro atoms. The molecular weight excluding hydrogens is 337 g/mol. The zero-order valence-electron chi connectivity index (χ0n) is 10.1. The lowest BCUT2D eigenvalue weighted by Gasteiger charge is -2.06. The van der Waals surface area contributed by atoms with Crippen LogP contribution in [-0.4, -0.2) is 5.91 Å². The number of rotatable bonds is 3. The summed E-state index contributed by atoms with van der Waals surface area (Å²) in [5, 5.41) is 2.92. The molecule has 0 bridgehead atoms. The maximum Gasteiger partial charge on any atom is 0.251 e. The first-order valence-corrected chi connectivity index (χ1v) is 6.82. The molecule has 0 heterocycles. The summed E-state index contributed by atoms with van der Waals surface area (Å²) in [5.74, 6) is -0.0343. The van der Waals surface area contributed by atoms with Crippen molar-refractivity contribution in [2.24, 2.45) is 0 Å². The van der Waals surface area contributed by atoms with Crippen LogP contribution in [0.1, 0.15) is 21.5 Å². The lowest BCUT2D eigenvalue weighted by molar-refractivity contribution is 0.0951. The van der Waals surface area contributed by atoms with E-state index in [0.717, 1.165) is 9.13 Å². The molecule has 0 aliphatic carbocycles. The van der Waals surface area contributed by atoms with Gasteiger partial charge in [-0.15, -0.1) is 0 Å². The Bertz CT molecular complexity index is 549. The minimum atomic E-state index is -0.0343. The molecule has 0 aliphatic rings. The van der Waals surface area contributed by atoms with E-state index in [1.54, 1.807) is 0 Å². The highest BCUT2D eigenvalue weighted by molar-refractivity contribution is 14.1. The SMILES string of the molecule is Cc1cccc(CNC(=O)c2ccc(I)cc2)c1. The van der Waals surface area contributed by atoms with Crippen LogP contribution in [0.2, 0.25) is 0 Å². The van der Waals surface area contributed by atoms with Gasteiger partial charge in [-0.05, 0) is 59.3 Å². The molecule has 2 nitrogen and oxygen atoms in total. The summed E-state index contributed by atoms with van der Waals surface area (Å²) in [6, 6.07) is 15.7. The third kappa shape index (κ3) is 3.57. The van der Waals surface area contributed by atoms with E-state index in [1.165, 1.54) is 5.56 Å². The Morgan fingerprint density at radius 3 is 2.56 bits per heavy atom. The highest BCUT2D eigenvalue weighted by Crippen LogP contribution is 2.07. The summed E-state index contributed by atoms with van der Waals surface area (Å²) < 4.78 is 1.13. The molecular formula is C15H14INO. The normalized spacial score (nSPS) is 10.1. The lowest BCUT2D eigenvalue weighted by atomic mass is 10.1. The van der Waals surface area contributed by atoms with Gasteiger partial charge >= 0.3 is 0 Å². The van der Waals surface area contributed by atoms with E-state index in [0.29, 0.717) is 12.1 Å². The van der Waals surface area contributed by atoms with Crippen molar-refractivity contribution in [1.29, 1.82) is 0 Å². The fourth-order valence-corrected chi connectivity index (χ4v) is 2.07. The van der Waals surface area contributed by atoms with Crippen molar-refractivity contribution in [1.82, 2.24) is 5.32 Å². The fraction of sp³-hybridized carbons (Fsp3) is 0.133. The van der Waals surface area contributed by atoms with Gasteiger partial charge in [-0.2, -0.15) is 0 Å². The molecule has 2 rings (SSSR count). The number of hydrogen-bond acceptors (Lipinski definition) is 1. The lowest BCUT2D eigenvalue weighted by Crippen LogP contribution is -2.22. The van der Waals surface area contributed by atoms with Crippen molar-refractivity contribution in [3.05, 3.63) is 68.8 Å². The van der Waals surface area contributed by atoms with Gasteiger partial charge in [0.1, 0.15) is 0 Å². The van der Waals surface area contributed by atoms with Crippen molar-refractivity contribution < 1.29 is 4.79 Å². The number of amides is 1. The van der Waals surface area contributed by atoms with Gasteiger partial charge < -0.3 is 5.32 Å². The quantitative estimate of drug-likeness (QED) is 0.843. The Kier molecular flexibility index (Phi) is 4.36. The summed E-state index contributed by atoms with van der Waals surface area (Å²) in [5.41, 5.74) is 3.02.